The third-order valence-electron chi connectivity index (χ3n) is 4.56. The van der Waals surface area contributed by atoms with Crippen LogP contribution < -0.4 is 30.2 Å². The zero-order chi connectivity index (χ0) is 23.7. The molecule has 0 bridgehead atoms. The van der Waals surface area contributed by atoms with E-state index in [1.807, 2.05) is 0 Å². The molecule has 0 aliphatic rings. The molecule has 2 aromatic carbocycles. The lowest BCUT2D eigenvalue weighted by atomic mass is 10.1. The van der Waals surface area contributed by atoms with Gasteiger partial charge in [0.15, 0.2) is 11.5 Å². The molecule has 3 amide bonds. The van der Waals surface area contributed by atoms with E-state index in [0.717, 1.165) is 0 Å². The number of carbonyl (C=O) groups excluding carboxylic acids is 3. The highest BCUT2D eigenvalue weighted by atomic mass is 16.5. The molecule has 0 atom stereocenters. The summed E-state index contributed by atoms with van der Waals surface area (Å²) in [5, 5.41) is 8.24. The summed E-state index contributed by atoms with van der Waals surface area (Å²) in [4.78, 5) is 36.5. The summed E-state index contributed by atoms with van der Waals surface area (Å²) in [6, 6.07) is 9.69. The molecule has 3 N–H and O–H groups in total. The SMILES string of the molecule is COc1cc(C(=O)NCCNC(=O)c2ccc(NC(=O)C(C)C)cc2)cc(OC)c1OC. The van der Waals surface area contributed by atoms with Crippen molar-refractivity contribution < 1.29 is 28.6 Å². The molecule has 0 spiro atoms. The van der Waals surface area contributed by atoms with E-state index in [1.54, 1.807) is 50.2 Å². The Labute approximate surface area is 187 Å². The smallest absolute Gasteiger partial charge is 0.251 e. The maximum atomic E-state index is 12.5. The topological polar surface area (TPSA) is 115 Å². The summed E-state index contributed by atoms with van der Waals surface area (Å²) in [7, 11) is 4.43. The number of carbonyl (C=O) groups is 3. The lowest BCUT2D eigenvalue weighted by Crippen LogP contribution is -2.34. The lowest BCUT2D eigenvalue weighted by molar-refractivity contribution is -0.118. The van der Waals surface area contributed by atoms with Crippen molar-refractivity contribution in [3.8, 4) is 17.2 Å². The highest BCUT2D eigenvalue weighted by Gasteiger charge is 2.17. The summed E-state index contributed by atoms with van der Waals surface area (Å²) in [6.45, 7) is 4.07. The Morgan fingerprint density at radius 1 is 0.781 bits per heavy atom. The van der Waals surface area contributed by atoms with E-state index in [9.17, 15) is 14.4 Å². The first-order valence-electron chi connectivity index (χ1n) is 10.1. The monoisotopic (exact) mass is 443 g/mol. The molecule has 0 saturated heterocycles. The summed E-state index contributed by atoms with van der Waals surface area (Å²) >= 11 is 0. The van der Waals surface area contributed by atoms with E-state index in [4.69, 9.17) is 14.2 Å². The largest absolute Gasteiger partial charge is 0.493 e. The fourth-order valence-corrected chi connectivity index (χ4v) is 2.76. The van der Waals surface area contributed by atoms with Crippen molar-refractivity contribution in [1.82, 2.24) is 10.6 Å². The van der Waals surface area contributed by atoms with Crippen molar-refractivity contribution in [1.29, 1.82) is 0 Å². The Morgan fingerprint density at radius 2 is 1.28 bits per heavy atom. The third kappa shape index (κ3) is 6.37. The van der Waals surface area contributed by atoms with Gasteiger partial charge in [-0.2, -0.15) is 0 Å². The van der Waals surface area contributed by atoms with Crippen molar-refractivity contribution in [3.05, 3.63) is 47.5 Å². The molecule has 9 heteroatoms. The standard InChI is InChI=1S/C23H29N3O6/c1-14(2)21(27)26-17-8-6-15(7-9-17)22(28)24-10-11-25-23(29)16-12-18(30-3)20(32-5)19(13-16)31-4/h6-9,12-14H,10-11H2,1-5H3,(H,24,28)(H,25,29)(H,26,27). The van der Waals surface area contributed by atoms with E-state index in [-0.39, 0.29) is 36.7 Å². The molecule has 0 fully saturated rings. The van der Waals surface area contributed by atoms with Crippen LogP contribution >= 0.6 is 0 Å². The Balaban J connectivity index is 1.87. The first-order valence-corrected chi connectivity index (χ1v) is 10.1. The summed E-state index contributed by atoms with van der Waals surface area (Å²) in [5.74, 6) is 0.293. The molecule has 0 aliphatic carbocycles. The molecule has 9 nitrogen and oxygen atoms in total. The molecule has 2 rings (SSSR count). The van der Waals surface area contributed by atoms with Crippen LogP contribution in [0, 0.1) is 5.92 Å². The average molecular weight is 444 g/mol. The minimum atomic E-state index is -0.344. The van der Waals surface area contributed by atoms with Gasteiger partial charge in [-0.25, -0.2) is 0 Å². The maximum Gasteiger partial charge on any atom is 0.251 e. The van der Waals surface area contributed by atoms with Gasteiger partial charge in [-0.15, -0.1) is 0 Å². The Bertz CT molecular complexity index is 932. The van der Waals surface area contributed by atoms with Gasteiger partial charge in [0.25, 0.3) is 11.8 Å². The van der Waals surface area contributed by atoms with Crippen LogP contribution in [0.25, 0.3) is 0 Å². The molecule has 32 heavy (non-hydrogen) atoms. The quantitative estimate of drug-likeness (QED) is 0.486. The van der Waals surface area contributed by atoms with Gasteiger partial charge in [0.1, 0.15) is 0 Å². The van der Waals surface area contributed by atoms with Crippen molar-refractivity contribution in [2.45, 2.75) is 13.8 Å². The van der Waals surface area contributed by atoms with E-state index in [0.29, 0.717) is 34.1 Å². The van der Waals surface area contributed by atoms with Crippen LogP contribution in [0.4, 0.5) is 5.69 Å². The van der Waals surface area contributed by atoms with Crippen LogP contribution in [0.3, 0.4) is 0 Å². The zero-order valence-corrected chi connectivity index (χ0v) is 18.9. The molecule has 0 aliphatic heterocycles. The Kier molecular flexibility index (Phi) is 8.88. The molecular weight excluding hydrogens is 414 g/mol. The predicted octanol–water partition coefficient (Wildman–Crippen LogP) is 2.47. The summed E-state index contributed by atoms with van der Waals surface area (Å²) in [6.07, 6.45) is 0. The van der Waals surface area contributed by atoms with Crippen molar-refractivity contribution in [2.24, 2.45) is 5.92 Å². The van der Waals surface area contributed by atoms with Crippen LogP contribution in [0.5, 0.6) is 17.2 Å². The Hall–Kier alpha value is -3.75. The number of amides is 3. The predicted molar refractivity (Wildman–Crippen MR) is 121 cm³/mol. The molecule has 0 unspecified atom stereocenters. The molecule has 2 aromatic rings. The zero-order valence-electron chi connectivity index (χ0n) is 18.9. The first-order chi connectivity index (χ1) is 15.3. The number of benzene rings is 2. The normalized spacial score (nSPS) is 10.3. The maximum absolute atomic E-state index is 12.5. The fourth-order valence-electron chi connectivity index (χ4n) is 2.76. The molecule has 0 heterocycles. The molecule has 0 saturated carbocycles. The number of hydrogen-bond donors (Lipinski definition) is 3. The van der Waals surface area contributed by atoms with Crippen LogP contribution in [-0.2, 0) is 4.79 Å². The second-order valence-corrected chi connectivity index (χ2v) is 7.15. The van der Waals surface area contributed by atoms with Crippen molar-refractivity contribution in [2.75, 3.05) is 39.7 Å². The minimum Gasteiger partial charge on any atom is -0.493 e. The second kappa shape index (κ2) is 11.6. The Morgan fingerprint density at radius 3 is 1.72 bits per heavy atom. The van der Waals surface area contributed by atoms with E-state index < -0.39 is 0 Å². The molecular formula is C23H29N3O6. The van der Waals surface area contributed by atoms with Crippen LogP contribution in [-0.4, -0.2) is 52.1 Å². The van der Waals surface area contributed by atoms with Crippen LogP contribution in [0.15, 0.2) is 36.4 Å². The summed E-state index contributed by atoms with van der Waals surface area (Å²) < 4.78 is 15.7. The number of hydrogen-bond acceptors (Lipinski definition) is 6. The fraction of sp³-hybridized carbons (Fsp3) is 0.348. The van der Waals surface area contributed by atoms with E-state index in [2.05, 4.69) is 16.0 Å². The summed E-state index contributed by atoms with van der Waals surface area (Å²) in [5.41, 5.74) is 1.41. The van der Waals surface area contributed by atoms with Gasteiger partial charge >= 0.3 is 0 Å². The van der Waals surface area contributed by atoms with Gasteiger partial charge in [-0.1, -0.05) is 13.8 Å². The number of methoxy groups -OCH3 is 3. The molecule has 0 radical (unpaired) electrons. The molecule has 172 valence electrons. The van der Waals surface area contributed by atoms with E-state index >= 15 is 0 Å². The molecule has 0 aromatic heterocycles. The van der Waals surface area contributed by atoms with Gasteiger partial charge < -0.3 is 30.2 Å². The van der Waals surface area contributed by atoms with Crippen molar-refractivity contribution in [3.63, 3.8) is 0 Å². The number of anilines is 1. The van der Waals surface area contributed by atoms with Crippen molar-refractivity contribution >= 4 is 23.4 Å². The number of rotatable bonds is 10. The lowest BCUT2D eigenvalue weighted by Gasteiger charge is -2.14. The minimum absolute atomic E-state index is 0.0926. The average Bonchev–Trinajstić information content (AvgIpc) is 2.80. The van der Waals surface area contributed by atoms with Gasteiger partial charge in [0, 0.05) is 35.8 Å². The van der Waals surface area contributed by atoms with Crippen LogP contribution in [0.1, 0.15) is 34.6 Å². The van der Waals surface area contributed by atoms with E-state index in [1.165, 1.54) is 21.3 Å². The number of nitrogens with one attached hydrogen (secondary N) is 3. The highest BCUT2D eigenvalue weighted by Crippen LogP contribution is 2.38. The van der Waals surface area contributed by atoms with Gasteiger partial charge in [0.2, 0.25) is 11.7 Å². The highest BCUT2D eigenvalue weighted by molar-refractivity contribution is 5.97. The van der Waals surface area contributed by atoms with Crippen LogP contribution in [0.2, 0.25) is 0 Å². The van der Waals surface area contributed by atoms with Gasteiger partial charge in [0.05, 0.1) is 21.3 Å². The number of ether oxygens (including phenoxy) is 3. The van der Waals surface area contributed by atoms with Gasteiger partial charge in [-0.05, 0) is 36.4 Å². The van der Waals surface area contributed by atoms with Gasteiger partial charge in [-0.3, -0.25) is 14.4 Å². The first kappa shape index (κ1) is 24.5. The third-order valence-corrected chi connectivity index (χ3v) is 4.56. The second-order valence-electron chi connectivity index (χ2n) is 7.15.